The number of fused-ring (bicyclic) bond motifs is 4. The van der Waals surface area contributed by atoms with Gasteiger partial charge in [-0.3, -0.25) is 14.2 Å². The summed E-state index contributed by atoms with van der Waals surface area (Å²) >= 11 is 0. The molecule has 0 saturated carbocycles. The summed E-state index contributed by atoms with van der Waals surface area (Å²) in [6.07, 6.45) is 1.95. The van der Waals surface area contributed by atoms with Crippen LogP contribution in [-0.4, -0.2) is 17.1 Å². The van der Waals surface area contributed by atoms with E-state index in [0.29, 0.717) is 12.0 Å². The number of carbonyl (C=O) groups excluding carboxylic acids is 1. The van der Waals surface area contributed by atoms with Crippen molar-refractivity contribution in [3.8, 4) is 22.4 Å². The Kier molecular flexibility index (Phi) is 5.36. The highest BCUT2D eigenvalue weighted by Crippen LogP contribution is 2.46. The molecule has 0 spiro atoms. The van der Waals surface area contributed by atoms with Crippen molar-refractivity contribution in [1.82, 2.24) is 4.57 Å². The summed E-state index contributed by atoms with van der Waals surface area (Å²) in [6, 6.07) is 25.5. The molecule has 1 atom stereocenters. The molecule has 4 nitrogen and oxygen atoms in total. The van der Waals surface area contributed by atoms with E-state index in [1.165, 1.54) is 0 Å². The van der Waals surface area contributed by atoms with Gasteiger partial charge in [-0.15, -0.1) is 0 Å². The third kappa shape index (κ3) is 3.32. The van der Waals surface area contributed by atoms with Crippen molar-refractivity contribution in [2.75, 3.05) is 6.61 Å². The molecule has 0 saturated heterocycles. The maximum Gasteiger partial charge on any atom is 0.308 e. The van der Waals surface area contributed by atoms with Crippen LogP contribution in [0.3, 0.4) is 0 Å². The zero-order valence-electron chi connectivity index (χ0n) is 18.1. The molecule has 0 N–H and O–H groups in total. The molecule has 0 amide bonds. The van der Waals surface area contributed by atoms with Gasteiger partial charge in [0, 0.05) is 16.5 Å². The second-order valence-corrected chi connectivity index (χ2v) is 8.19. The van der Waals surface area contributed by atoms with Crippen molar-refractivity contribution in [2.24, 2.45) is 0 Å². The Bertz CT molecular complexity index is 1350. The highest BCUT2D eigenvalue weighted by molar-refractivity contribution is 6.04. The number of esters is 1. The van der Waals surface area contributed by atoms with Gasteiger partial charge < -0.3 is 4.74 Å². The highest BCUT2D eigenvalue weighted by atomic mass is 16.5. The number of ether oxygens (including phenoxy) is 1. The maximum absolute atomic E-state index is 13.7. The van der Waals surface area contributed by atoms with Crippen molar-refractivity contribution in [2.45, 2.75) is 32.2 Å². The lowest BCUT2D eigenvalue weighted by molar-refractivity contribution is -0.144. The number of nitrogens with zero attached hydrogens (tertiary/aromatic N) is 1. The van der Waals surface area contributed by atoms with Crippen LogP contribution in [0.2, 0.25) is 0 Å². The predicted octanol–water partition coefficient (Wildman–Crippen LogP) is 5.97. The Labute approximate surface area is 187 Å². The molecular weight excluding hydrogens is 398 g/mol. The lowest BCUT2D eigenvalue weighted by Gasteiger charge is -2.19. The molecule has 1 aliphatic heterocycles. The Morgan fingerprint density at radius 3 is 2.38 bits per heavy atom. The number of aromatic nitrogens is 1. The SMILES string of the molecule is CCCCOC(=O)CC1c2ccccc2-c2c(-c3ccccc3)c3ccccc3c(=O)n21. The normalized spacial score (nSPS) is 14.2. The molecule has 1 unspecified atom stereocenters. The number of benzene rings is 3. The third-order valence-corrected chi connectivity index (χ3v) is 6.19. The van der Waals surface area contributed by atoms with Gasteiger partial charge in [-0.2, -0.15) is 0 Å². The monoisotopic (exact) mass is 423 g/mol. The van der Waals surface area contributed by atoms with E-state index >= 15 is 0 Å². The Hall–Kier alpha value is -3.66. The molecule has 5 rings (SSSR count). The summed E-state index contributed by atoms with van der Waals surface area (Å²) in [5.41, 5.74) is 4.87. The van der Waals surface area contributed by atoms with Crippen LogP contribution in [0.25, 0.3) is 33.2 Å². The van der Waals surface area contributed by atoms with Crippen LogP contribution in [0.1, 0.15) is 37.8 Å². The molecule has 3 aromatic carbocycles. The zero-order chi connectivity index (χ0) is 22.1. The summed E-state index contributed by atoms with van der Waals surface area (Å²) in [5.74, 6) is -0.271. The first-order chi connectivity index (χ1) is 15.7. The van der Waals surface area contributed by atoms with Gasteiger partial charge in [-0.1, -0.05) is 86.1 Å². The Morgan fingerprint density at radius 1 is 0.906 bits per heavy atom. The van der Waals surface area contributed by atoms with E-state index in [-0.39, 0.29) is 24.0 Å². The van der Waals surface area contributed by atoms with Gasteiger partial charge in [-0.05, 0) is 29.0 Å². The molecule has 32 heavy (non-hydrogen) atoms. The van der Waals surface area contributed by atoms with E-state index in [1.807, 2.05) is 71.3 Å². The molecule has 4 heteroatoms. The minimum atomic E-state index is -0.380. The number of carbonyl (C=O) groups is 1. The molecule has 4 aromatic rings. The summed E-state index contributed by atoms with van der Waals surface area (Å²) in [4.78, 5) is 26.4. The van der Waals surface area contributed by atoms with Crippen LogP contribution in [0, 0.1) is 0 Å². The smallest absolute Gasteiger partial charge is 0.308 e. The molecule has 160 valence electrons. The molecule has 0 fully saturated rings. The minimum absolute atomic E-state index is 0.0714. The summed E-state index contributed by atoms with van der Waals surface area (Å²) in [5, 5.41) is 1.59. The Morgan fingerprint density at radius 2 is 1.59 bits per heavy atom. The Balaban J connectivity index is 1.76. The predicted molar refractivity (Wildman–Crippen MR) is 128 cm³/mol. The first-order valence-electron chi connectivity index (χ1n) is 11.2. The van der Waals surface area contributed by atoms with Gasteiger partial charge in [0.25, 0.3) is 5.56 Å². The molecule has 2 heterocycles. The van der Waals surface area contributed by atoms with Gasteiger partial charge in [-0.25, -0.2) is 0 Å². The van der Waals surface area contributed by atoms with Crippen molar-refractivity contribution in [1.29, 1.82) is 0 Å². The van der Waals surface area contributed by atoms with E-state index in [4.69, 9.17) is 4.74 Å². The van der Waals surface area contributed by atoms with Crippen LogP contribution in [0.4, 0.5) is 0 Å². The lowest BCUT2D eigenvalue weighted by Crippen LogP contribution is -2.26. The van der Waals surface area contributed by atoms with Crippen LogP contribution >= 0.6 is 0 Å². The minimum Gasteiger partial charge on any atom is -0.466 e. The van der Waals surface area contributed by atoms with E-state index in [1.54, 1.807) is 0 Å². The lowest BCUT2D eigenvalue weighted by atomic mass is 9.93. The van der Waals surface area contributed by atoms with E-state index in [0.717, 1.165) is 46.2 Å². The summed E-state index contributed by atoms with van der Waals surface area (Å²) < 4.78 is 7.28. The fourth-order valence-electron chi connectivity index (χ4n) is 4.72. The van der Waals surface area contributed by atoms with Gasteiger partial charge in [0.05, 0.1) is 24.8 Å². The van der Waals surface area contributed by atoms with Crippen molar-refractivity contribution < 1.29 is 9.53 Å². The molecule has 0 aliphatic carbocycles. The number of rotatable bonds is 6. The largest absolute Gasteiger partial charge is 0.466 e. The topological polar surface area (TPSA) is 48.3 Å². The second-order valence-electron chi connectivity index (χ2n) is 8.19. The molecule has 1 aromatic heterocycles. The van der Waals surface area contributed by atoms with Crippen LogP contribution in [0.5, 0.6) is 0 Å². The molecule has 0 bridgehead atoms. The van der Waals surface area contributed by atoms with Gasteiger partial charge >= 0.3 is 5.97 Å². The number of unbranched alkanes of at least 4 members (excludes halogenated alkanes) is 1. The molecular formula is C28H25NO3. The quantitative estimate of drug-likeness (QED) is 0.283. The first kappa shape index (κ1) is 20.3. The number of hydrogen-bond acceptors (Lipinski definition) is 3. The fraction of sp³-hybridized carbons (Fsp3) is 0.214. The molecule has 1 aliphatic rings. The van der Waals surface area contributed by atoms with Crippen molar-refractivity contribution in [3.63, 3.8) is 0 Å². The van der Waals surface area contributed by atoms with Crippen LogP contribution < -0.4 is 5.56 Å². The zero-order valence-corrected chi connectivity index (χ0v) is 18.1. The highest BCUT2D eigenvalue weighted by Gasteiger charge is 2.34. The second kappa shape index (κ2) is 8.46. The van der Waals surface area contributed by atoms with Gasteiger partial charge in [0.2, 0.25) is 0 Å². The average Bonchev–Trinajstić information content (AvgIpc) is 3.14. The van der Waals surface area contributed by atoms with E-state index in [2.05, 4.69) is 19.1 Å². The van der Waals surface area contributed by atoms with Crippen molar-refractivity contribution >= 4 is 16.7 Å². The van der Waals surface area contributed by atoms with Crippen LogP contribution in [0.15, 0.2) is 83.7 Å². The number of pyridine rings is 1. The standard InChI is InChI=1S/C28H25NO3/c1-2-3-17-32-25(30)18-24-20-13-7-9-15-22(20)27-26(19-11-5-4-6-12-19)21-14-8-10-16-23(21)28(31)29(24)27/h4-16,24H,2-3,17-18H2,1H3. The maximum atomic E-state index is 13.7. The average molecular weight is 424 g/mol. The van der Waals surface area contributed by atoms with Crippen LogP contribution in [-0.2, 0) is 9.53 Å². The van der Waals surface area contributed by atoms with Gasteiger partial charge in [0.1, 0.15) is 0 Å². The summed E-state index contributed by atoms with van der Waals surface area (Å²) in [6.45, 7) is 2.48. The van der Waals surface area contributed by atoms with E-state index in [9.17, 15) is 9.59 Å². The van der Waals surface area contributed by atoms with Gasteiger partial charge in [0.15, 0.2) is 0 Å². The third-order valence-electron chi connectivity index (χ3n) is 6.19. The summed E-state index contributed by atoms with van der Waals surface area (Å²) in [7, 11) is 0. The van der Waals surface area contributed by atoms with E-state index < -0.39 is 0 Å². The number of hydrogen-bond donors (Lipinski definition) is 0. The fourth-order valence-corrected chi connectivity index (χ4v) is 4.72. The van der Waals surface area contributed by atoms with Crippen molar-refractivity contribution in [3.05, 3.63) is 94.8 Å². The first-order valence-corrected chi connectivity index (χ1v) is 11.2. The molecule has 0 radical (unpaired) electrons.